The van der Waals surface area contributed by atoms with Crippen molar-refractivity contribution in [2.45, 2.75) is 19.1 Å². The molecular formula is C20H18N2O6. The molecule has 0 unspecified atom stereocenters. The van der Waals surface area contributed by atoms with E-state index < -0.39 is 18.2 Å². The van der Waals surface area contributed by atoms with Crippen LogP contribution in [0.5, 0.6) is 17.2 Å². The Morgan fingerprint density at radius 1 is 1.11 bits per heavy atom. The normalized spacial score (nSPS) is 16.3. The first-order valence-corrected chi connectivity index (χ1v) is 8.71. The van der Waals surface area contributed by atoms with E-state index in [1.807, 2.05) is 6.07 Å². The number of ether oxygens (including phenoxy) is 4. The second-order valence-electron chi connectivity index (χ2n) is 6.12. The average molecular weight is 382 g/mol. The Hall–Kier alpha value is -3.55. The van der Waals surface area contributed by atoms with E-state index in [4.69, 9.17) is 23.4 Å². The van der Waals surface area contributed by atoms with Crippen molar-refractivity contribution in [1.82, 2.24) is 10.2 Å². The Balaban J connectivity index is 1.40. The number of hydrogen-bond donors (Lipinski definition) is 0. The summed E-state index contributed by atoms with van der Waals surface area (Å²) in [6.45, 7) is 1.73. The van der Waals surface area contributed by atoms with Gasteiger partial charge in [-0.1, -0.05) is 12.1 Å². The van der Waals surface area contributed by atoms with Gasteiger partial charge in [0.15, 0.2) is 17.6 Å². The van der Waals surface area contributed by atoms with E-state index in [0.29, 0.717) is 17.4 Å². The number of hydrogen-bond acceptors (Lipinski definition) is 8. The molecule has 0 amide bonds. The Morgan fingerprint density at radius 2 is 1.86 bits per heavy atom. The van der Waals surface area contributed by atoms with Gasteiger partial charge in [0.2, 0.25) is 12.0 Å². The SMILES string of the molecule is COc1ccc(-c2nnc([C@H](C)OC(=O)[C@H]3COc4ccccc4O3)o2)cc1. The van der Waals surface area contributed by atoms with E-state index in [1.54, 1.807) is 56.5 Å². The number of esters is 1. The molecule has 1 aliphatic heterocycles. The number of fused-ring (bicyclic) bond motifs is 1. The highest BCUT2D eigenvalue weighted by atomic mass is 16.6. The third-order valence-corrected chi connectivity index (χ3v) is 4.19. The molecule has 1 aliphatic rings. The highest BCUT2D eigenvalue weighted by Crippen LogP contribution is 2.32. The van der Waals surface area contributed by atoms with Crippen molar-refractivity contribution in [3.8, 4) is 28.7 Å². The van der Waals surface area contributed by atoms with E-state index in [0.717, 1.165) is 11.3 Å². The molecule has 2 heterocycles. The topological polar surface area (TPSA) is 92.9 Å². The maximum absolute atomic E-state index is 12.4. The fourth-order valence-electron chi connectivity index (χ4n) is 2.69. The minimum Gasteiger partial charge on any atom is -0.497 e. The molecule has 0 saturated heterocycles. The van der Waals surface area contributed by atoms with Crippen molar-refractivity contribution in [3.05, 3.63) is 54.4 Å². The van der Waals surface area contributed by atoms with Gasteiger partial charge in [-0.05, 0) is 43.3 Å². The van der Waals surface area contributed by atoms with Gasteiger partial charge in [-0.25, -0.2) is 4.79 Å². The smallest absolute Gasteiger partial charge is 0.351 e. The number of aromatic nitrogens is 2. The van der Waals surface area contributed by atoms with Crippen molar-refractivity contribution in [3.63, 3.8) is 0 Å². The first kappa shape index (κ1) is 17.8. The van der Waals surface area contributed by atoms with Gasteiger partial charge in [0.05, 0.1) is 7.11 Å². The van der Waals surface area contributed by atoms with Gasteiger partial charge in [-0.3, -0.25) is 0 Å². The van der Waals surface area contributed by atoms with Crippen LogP contribution in [0.3, 0.4) is 0 Å². The molecule has 0 fully saturated rings. The molecule has 28 heavy (non-hydrogen) atoms. The first-order chi connectivity index (χ1) is 13.6. The molecule has 1 aromatic heterocycles. The van der Waals surface area contributed by atoms with Crippen molar-refractivity contribution >= 4 is 5.97 Å². The van der Waals surface area contributed by atoms with E-state index >= 15 is 0 Å². The lowest BCUT2D eigenvalue weighted by Crippen LogP contribution is -2.38. The summed E-state index contributed by atoms with van der Waals surface area (Å²) in [4.78, 5) is 12.4. The third kappa shape index (κ3) is 3.62. The molecule has 144 valence electrons. The van der Waals surface area contributed by atoms with Crippen LogP contribution in [0.1, 0.15) is 18.9 Å². The second-order valence-corrected chi connectivity index (χ2v) is 6.12. The number of para-hydroxylation sites is 2. The van der Waals surface area contributed by atoms with Gasteiger partial charge < -0.3 is 23.4 Å². The molecule has 2 atom stereocenters. The fraction of sp³-hybridized carbons (Fsp3) is 0.250. The third-order valence-electron chi connectivity index (χ3n) is 4.19. The maximum Gasteiger partial charge on any atom is 0.351 e. The number of carbonyl (C=O) groups excluding carboxylic acids is 1. The maximum atomic E-state index is 12.4. The largest absolute Gasteiger partial charge is 0.497 e. The summed E-state index contributed by atoms with van der Waals surface area (Å²) in [5.74, 6) is 1.78. The van der Waals surface area contributed by atoms with Crippen LogP contribution in [0.25, 0.3) is 11.5 Å². The molecule has 2 aromatic carbocycles. The first-order valence-electron chi connectivity index (χ1n) is 8.71. The van der Waals surface area contributed by atoms with Crippen molar-refractivity contribution in [1.29, 1.82) is 0 Å². The van der Waals surface area contributed by atoms with Crippen molar-refractivity contribution in [2.75, 3.05) is 13.7 Å². The quantitative estimate of drug-likeness (QED) is 0.621. The zero-order chi connectivity index (χ0) is 19.5. The fourth-order valence-corrected chi connectivity index (χ4v) is 2.69. The van der Waals surface area contributed by atoms with E-state index in [1.165, 1.54) is 0 Å². The van der Waals surface area contributed by atoms with Crippen LogP contribution in [-0.4, -0.2) is 36.0 Å². The zero-order valence-corrected chi connectivity index (χ0v) is 15.3. The van der Waals surface area contributed by atoms with Crippen LogP contribution in [-0.2, 0) is 9.53 Å². The summed E-state index contributed by atoms with van der Waals surface area (Å²) < 4.78 is 27.4. The van der Waals surface area contributed by atoms with Gasteiger partial charge in [0, 0.05) is 5.56 Å². The lowest BCUT2D eigenvalue weighted by atomic mass is 10.2. The number of benzene rings is 2. The minimum absolute atomic E-state index is 0.0729. The number of methoxy groups -OCH3 is 1. The summed E-state index contributed by atoms with van der Waals surface area (Å²) in [5.41, 5.74) is 0.735. The minimum atomic E-state index is -0.860. The van der Waals surface area contributed by atoms with Crippen LogP contribution in [0.2, 0.25) is 0 Å². The lowest BCUT2D eigenvalue weighted by Gasteiger charge is -2.25. The van der Waals surface area contributed by atoms with Gasteiger partial charge in [-0.2, -0.15) is 0 Å². The molecule has 0 saturated carbocycles. The molecule has 4 rings (SSSR count). The van der Waals surface area contributed by atoms with Crippen LogP contribution in [0.15, 0.2) is 52.9 Å². The van der Waals surface area contributed by atoms with Crippen molar-refractivity contribution < 1.29 is 28.2 Å². The van der Waals surface area contributed by atoms with Crippen LogP contribution in [0.4, 0.5) is 0 Å². The standard InChI is InChI=1S/C20H18N2O6/c1-12(18-21-22-19(28-18)13-7-9-14(24-2)10-8-13)26-20(23)17-11-25-15-5-3-4-6-16(15)27-17/h3-10,12,17H,11H2,1-2H3/t12-,17+/m0/s1. The van der Waals surface area contributed by atoms with Gasteiger partial charge in [-0.15, -0.1) is 10.2 Å². The van der Waals surface area contributed by atoms with Gasteiger partial charge in [0.1, 0.15) is 12.4 Å². The predicted octanol–water partition coefficient (Wildman–Crippen LogP) is 3.19. The molecule has 0 N–H and O–H groups in total. The molecule has 0 aliphatic carbocycles. The van der Waals surface area contributed by atoms with Gasteiger partial charge >= 0.3 is 5.97 Å². The van der Waals surface area contributed by atoms with Crippen LogP contribution < -0.4 is 14.2 Å². The van der Waals surface area contributed by atoms with E-state index in [2.05, 4.69) is 10.2 Å². The molecule has 0 spiro atoms. The summed E-state index contributed by atoms with van der Waals surface area (Å²) in [7, 11) is 1.59. The summed E-state index contributed by atoms with van der Waals surface area (Å²) in [6.07, 6.45) is -1.59. The zero-order valence-electron chi connectivity index (χ0n) is 15.3. The molecular weight excluding hydrogens is 364 g/mol. The number of rotatable bonds is 5. The molecule has 3 aromatic rings. The summed E-state index contributed by atoms with van der Waals surface area (Å²) >= 11 is 0. The predicted molar refractivity (Wildman–Crippen MR) is 97.1 cm³/mol. The molecule has 0 radical (unpaired) electrons. The van der Waals surface area contributed by atoms with Crippen molar-refractivity contribution in [2.24, 2.45) is 0 Å². The highest BCUT2D eigenvalue weighted by Gasteiger charge is 2.31. The lowest BCUT2D eigenvalue weighted by molar-refractivity contribution is -0.160. The molecule has 8 heteroatoms. The van der Waals surface area contributed by atoms with E-state index in [9.17, 15) is 4.79 Å². The Labute approximate surface area is 161 Å². The Morgan fingerprint density at radius 3 is 2.61 bits per heavy atom. The second kappa shape index (κ2) is 7.59. The van der Waals surface area contributed by atoms with Crippen LogP contribution >= 0.6 is 0 Å². The molecule has 0 bridgehead atoms. The van der Waals surface area contributed by atoms with Crippen LogP contribution in [0, 0.1) is 0 Å². The van der Waals surface area contributed by atoms with E-state index in [-0.39, 0.29) is 12.5 Å². The van der Waals surface area contributed by atoms with Gasteiger partial charge in [0.25, 0.3) is 5.89 Å². The number of nitrogens with zero attached hydrogens (tertiary/aromatic N) is 2. The average Bonchev–Trinajstić information content (AvgIpc) is 3.24. The highest BCUT2D eigenvalue weighted by molar-refractivity contribution is 5.76. The Kier molecular flexibility index (Phi) is 4.84. The summed E-state index contributed by atoms with van der Waals surface area (Å²) in [5, 5.41) is 7.98. The summed E-state index contributed by atoms with van der Waals surface area (Å²) in [6, 6.07) is 14.3. The Bertz CT molecular complexity index is 969. The monoisotopic (exact) mass is 382 g/mol. The molecule has 8 nitrogen and oxygen atoms in total. The number of carbonyl (C=O) groups is 1.